The van der Waals surface area contributed by atoms with Gasteiger partial charge in [-0.1, -0.05) is 35.5 Å². The largest absolute Gasteiger partial charge is 0.355 e. The van der Waals surface area contributed by atoms with Gasteiger partial charge in [-0.05, 0) is 23.4 Å². The van der Waals surface area contributed by atoms with Gasteiger partial charge in [0, 0.05) is 29.6 Å². The van der Waals surface area contributed by atoms with Crippen LogP contribution in [0.4, 0.5) is 0 Å². The molecule has 22 heavy (non-hydrogen) atoms. The first-order chi connectivity index (χ1) is 10.8. The molecule has 4 rings (SSSR count). The molecule has 3 aromatic rings. The maximum absolute atomic E-state index is 12.6. The fourth-order valence-corrected chi connectivity index (χ4v) is 3.59. The number of thiophene rings is 1. The molecule has 0 aliphatic carbocycles. The topological polar surface area (TPSA) is 46.3 Å². The van der Waals surface area contributed by atoms with E-state index in [1.807, 2.05) is 35.2 Å². The number of amides is 1. The molecule has 4 nitrogen and oxygen atoms in total. The Morgan fingerprint density at radius 3 is 2.95 bits per heavy atom. The third kappa shape index (κ3) is 2.33. The molecule has 0 atom stereocenters. The summed E-state index contributed by atoms with van der Waals surface area (Å²) in [5, 5.41) is 6.03. The lowest BCUT2D eigenvalue weighted by Crippen LogP contribution is -2.35. The Kier molecular flexibility index (Phi) is 3.27. The van der Waals surface area contributed by atoms with E-state index in [9.17, 15) is 4.79 Å². The van der Waals surface area contributed by atoms with Crippen molar-refractivity contribution >= 4 is 17.2 Å². The summed E-state index contributed by atoms with van der Waals surface area (Å²) in [5.74, 6) is 0.556. The molecule has 1 amide bonds. The van der Waals surface area contributed by atoms with Crippen molar-refractivity contribution in [1.29, 1.82) is 0 Å². The molecule has 5 heteroatoms. The second-order valence-electron chi connectivity index (χ2n) is 5.29. The minimum atomic E-state index is -0.0669. The molecule has 1 aliphatic rings. The van der Waals surface area contributed by atoms with Gasteiger partial charge in [0.2, 0.25) is 0 Å². The van der Waals surface area contributed by atoms with Crippen molar-refractivity contribution in [2.24, 2.45) is 0 Å². The SMILES string of the molecule is O=C(c1cc(-c2ccccc2)on1)N1CCc2sccc2C1. The number of rotatable bonds is 2. The first kappa shape index (κ1) is 13.3. The van der Waals surface area contributed by atoms with Gasteiger partial charge in [-0.25, -0.2) is 0 Å². The molecule has 0 saturated carbocycles. The van der Waals surface area contributed by atoms with Crippen molar-refractivity contribution < 1.29 is 9.32 Å². The van der Waals surface area contributed by atoms with Gasteiger partial charge >= 0.3 is 0 Å². The van der Waals surface area contributed by atoms with Crippen molar-refractivity contribution in [1.82, 2.24) is 10.1 Å². The predicted octanol–water partition coefficient (Wildman–Crippen LogP) is 3.60. The molecular weight excluding hydrogens is 296 g/mol. The van der Waals surface area contributed by atoms with Crippen LogP contribution in [0.3, 0.4) is 0 Å². The summed E-state index contributed by atoms with van der Waals surface area (Å²) in [6.45, 7) is 1.39. The van der Waals surface area contributed by atoms with Gasteiger partial charge in [0.25, 0.3) is 5.91 Å². The highest BCUT2D eigenvalue weighted by Crippen LogP contribution is 2.26. The smallest absolute Gasteiger partial charge is 0.276 e. The Morgan fingerprint density at radius 2 is 2.09 bits per heavy atom. The van der Waals surface area contributed by atoms with Gasteiger partial charge in [-0.2, -0.15) is 0 Å². The molecular formula is C17H14N2O2S. The first-order valence-electron chi connectivity index (χ1n) is 7.18. The van der Waals surface area contributed by atoms with E-state index >= 15 is 0 Å². The van der Waals surface area contributed by atoms with Gasteiger partial charge in [0.05, 0.1) is 0 Å². The Balaban J connectivity index is 1.56. The highest BCUT2D eigenvalue weighted by atomic mass is 32.1. The van der Waals surface area contributed by atoms with Crippen molar-refractivity contribution in [3.05, 3.63) is 64.0 Å². The Hall–Kier alpha value is -2.40. The zero-order chi connectivity index (χ0) is 14.9. The molecule has 110 valence electrons. The zero-order valence-corrected chi connectivity index (χ0v) is 12.7. The summed E-state index contributed by atoms with van der Waals surface area (Å²) in [7, 11) is 0. The summed E-state index contributed by atoms with van der Waals surface area (Å²) >= 11 is 1.76. The first-order valence-corrected chi connectivity index (χ1v) is 8.06. The number of carbonyl (C=O) groups is 1. The molecule has 0 bridgehead atoms. The van der Waals surface area contributed by atoms with E-state index in [4.69, 9.17) is 4.52 Å². The lowest BCUT2D eigenvalue weighted by molar-refractivity contribution is 0.0725. The predicted molar refractivity (Wildman–Crippen MR) is 84.7 cm³/mol. The van der Waals surface area contributed by atoms with Crippen molar-refractivity contribution in [3.8, 4) is 11.3 Å². The van der Waals surface area contributed by atoms with Crippen LogP contribution in [-0.4, -0.2) is 22.5 Å². The average molecular weight is 310 g/mol. The van der Waals surface area contributed by atoms with Crippen LogP contribution in [0.2, 0.25) is 0 Å². The minimum Gasteiger partial charge on any atom is -0.355 e. The average Bonchev–Trinajstić information content (AvgIpc) is 3.23. The zero-order valence-electron chi connectivity index (χ0n) is 11.9. The van der Waals surface area contributed by atoms with Crippen molar-refractivity contribution in [2.75, 3.05) is 6.54 Å². The number of hydrogen-bond acceptors (Lipinski definition) is 4. The third-order valence-electron chi connectivity index (χ3n) is 3.88. The van der Waals surface area contributed by atoms with Crippen LogP contribution in [-0.2, 0) is 13.0 Å². The summed E-state index contributed by atoms with van der Waals surface area (Å²) in [4.78, 5) is 15.8. The lowest BCUT2D eigenvalue weighted by Gasteiger charge is -2.26. The Labute approximate surface area is 132 Å². The standard InChI is InChI=1S/C17H14N2O2S/c20-17(19-8-6-16-13(11-19)7-9-22-16)14-10-15(21-18-14)12-4-2-1-3-5-12/h1-5,7,9-10H,6,8,11H2. The number of benzene rings is 1. The molecule has 0 spiro atoms. The highest BCUT2D eigenvalue weighted by Gasteiger charge is 2.25. The van der Waals surface area contributed by atoms with Gasteiger partial charge in [-0.15, -0.1) is 11.3 Å². The normalized spacial score (nSPS) is 13.9. The second kappa shape index (κ2) is 5.42. The van der Waals surface area contributed by atoms with E-state index in [0.29, 0.717) is 18.0 Å². The number of nitrogens with zero attached hydrogens (tertiary/aromatic N) is 2. The number of aromatic nitrogens is 1. The van der Waals surface area contributed by atoms with Crippen LogP contribution in [0.25, 0.3) is 11.3 Å². The Bertz CT molecular complexity index is 807. The molecule has 0 saturated heterocycles. The molecule has 2 aromatic heterocycles. The fraction of sp³-hybridized carbons (Fsp3) is 0.176. The molecule has 0 radical (unpaired) electrons. The van der Waals surface area contributed by atoms with E-state index in [2.05, 4.69) is 16.6 Å². The maximum atomic E-state index is 12.6. The molecule has 0 fully saturated rings. The summed E-state index contributed by atoms with van der Waals surface area (Å²) in [5.41, 5.74) is 2.54. The van der Waals surface area contributed by atoms with Crippen molar-refractivity contribution in [2.45, 2.75) is 13.0 Å². The molecule has 1 aliphatic heterocycles. The quantitative estimate of drug-likeness (QED) is 0.726. The summed E-state index contributed by atoms with van der Waals surface area (Å²) < 4.78 is 5.32. The Morgan fingerprint density at radius 1 is 1.23 bits per heavy atom. The van der Waals surface area contributed by atoms with Crippen LogP contribution in [0.1, 0.15) is 20.9 Å². The van der Waals surface area contributed by atoms with Crippen LogP contribution in [0.5, 0.6) is 0 Å². The highest BCUT2D eigenvalue weighted by molar-refractivity contribution is 7.10. The van der Waals surface area contributed by atoms with Gasteiger partial charge in [-0.3, -0.25) is 4.79 Å². The third-order valence-corrected chi connectivity index (χ3v) is 4.91. The number of hydrogen-bond donors (Lipinski definition) is 0. The van der Waals surface area contributed by atoms with E-state index < -0.39 is 0 Å². The van der Waals surface area contributed by atoms with Crippen LogP contribution >= 0.6 is 11.3 Å². The lowest BCUT2D eigenvalue weighted by atomic mass is 10.1. The summed E-state index contributed by atoms with van der Waals surface area (Å²) in [6, 6.07) is 13.5. The molecule has 1 aromatic carbocycles. The van der Waals surface area contributed by atoms with Crippen LogP contribution < -0.4 is 0 Å². The van der Waals surface area contributed by atoms with E-state index in [1.165, 1.54) is 10.4 Å². The van der Waals surface area contributed by atoms with E-state index in [-0.39, 0.29) is 5.91 Å². The van der Waals surface area contributed by atoms with E-state index in [1.54, 1.807) is 17.4 Å². The maximum Gasteiger partial charge on any atom is 0.276 e. The van der Waals surface area contributed by atoms with Crippen LogP contribution in [0.15, 0.2) is 52.4 Å². The van der Waals surface area contributed by atoms with Gasteiger partial charge in [0.1, 0.15) is 0 Å². The number of fused-ring (bicyclic) bond motifs is 1. The fourth-order valence-electron chi connectivity index (χ4n) is 2.70. The molecule has 3 heterocycles. The van der Waals surface area contributed by atoms with Crippen molar-refractivity contribution in [3.63, 3.8) is 0 Å². The van der Waals surface area contributed by atoms with Gasteiger partial charge < -0.3 is 9.42 Å². The number of carbonyl (C=O) groups excluding carboxylic acids is 1. The van der Waals surface area contributed by atoms with Crippen LogP contribution in [0, 0.1) is 0 Å². The monoisotopic (exact) mass is 310 g/mol. The second-order valence-corrected chi connectivity index (χ2v) is 6.29. The molecule has 0 N–H and O–H groups in total. The van der Waals surface area contributed by atoms with E-state index in [0.717, 1.165) is 18.5 Å². The van der Waals surface area contributed by atoms with Gasteiger partial charge in [0.15, 0.2) is 11.5 Å². The molecule has 0 unspecified atom stereocenters. The summed E-state index contributed by atoms with van der Waals surface area (Å²) in [6.07, 6.45) is 0.919. The minimum absolute atomic E-state index is 0.0669.